The third kappa shape index (κ3) is 26.1. The number of aliphatic hydroxyl groups is 3. The van der Waals surface area contributed by atoms with Gasteiger partial charge in [-0.25, -0.2) is 0 Å². The molecule has 0 unspecified atom stereocenters. The van der Waals surface area contributed by atoms with E-state index in [-0.39, 0.29) is 113 Å². The normalized spacial score (nSPS) is 7.77. The monoisotopic (exact) mass is 356 g/mol. The minimum atomic E-state index is -2.97. The van der Waals surface area contributed by atoms with Gasteiger partial charge in [-0.1, -0.05) is 0 Å². The molecule has 116 valence electrons. The van der Waals surface area contributed by atoms with Crippen LogP contribution in [0.5, 0.6) is 0 Å². The van der Waals surface area contributed by atoms with Gasteiger partial charge in [0.05, 0.1) is 19.2 Å². The van der Waals surface area contributed by atoms with Crippen molar-refractivity contribution in [1.29, 1.82) is 0 Å². The van der Waals surface area contributed by atoms with Gasteiger partial charge in [-0.3, -0.25) is 0 Å². The summed E-state index contributed by atoms with van der Waals surface area (Å²) in [6.45, 7) is -0.250. The van der Waals surface area contributed by atoms with Crippen LogP contribution >= 0.6 is 0 Å². The van der Waals surface area contributed by atoms with Gasteiger partial charge in [0.1, 0.15) is 5.60 Å². The molecule has 0 aromatic rings. The zero-order chi connectivity index (χ0) is 14.1. The van der Waals surface area contributed by atoms with Gasteiger partial charge in [-0.05, 0) is 0 Å². The molecule has 0 saturated heterocycles. The van der Waals surface area contributed by atoms with Gasteiger partial charge in [0.2, 0.25) is 0 Å². The Morgan fingerprint density at radius 3 is 1.09 bits per heavy atom. The summed E-state index contributed by atoms with van der Waals surface area (Å²) in [5.74, 6) is -5.98. The molecule has 7 N–H and O–H groups in total. The molecule has 11 nitrogen and oxygen atoms in total. The summed E-state index contributed by atoms with van der Waals surface area (Å²) in [7, 11) is 0. The second-order valence-corrected chi connectivity index (χ2v) is 2.86. The Morgan fingerprint density at radius 1 is 0.773 bits per heavy atom. The number of carboxylic acids is 3. The molecule has 0 heterocycles. The molecule has 0 rings (SSSR count). The predicted octanol–water partition coefficient (Wildman–Crippen LogP) is -16.9. The minimum Gasteiger partial charge on any atom is -0.550 e. The fourth-order valence-corrected chi connectivity index (χ4v) is 0.684. The Hall–Kier alpha value is 1.21. The maximum Gasteiger partial charge on any atom is 1.00 e. The van der Waals surface area contributed by atoms with Crippen LogP contribution in [-0.4, -0.2) is 63.0 Å². The van der Waals surface area contributed by atoms with Crippen LogP contribution in [0.1, 0.15) is 12.8 Å². The van der Waals surface area contributed by atoms with E-state index in [0.717, 1.165) is 0 Å². The third-order valence-corrected chi connectivity index (χ3v) is 1.35. The first-order valence-corrected chi connectivity index (χ1v) is 4.25. The van der Waals surface area contributed by atoms with E-state index < -0.39 is 36.4 Å². The van der Waals surface area contributed by atoms with E-state index in [0.29, 0.717) is 0 Å². The van der Waals surface area contributed by atoms with E-state index in [1.165, 1.54) is 0 Å². The van der Waals surface area contributed by atoms with E-state index in [1.807, 2.05) is 0 Å². The number of hydrogen-bond acceptors (Lipinski definition) is 9. The Labute approximate surface area is 192 Å². The van der Waals surface area contributed by atoms with E-state index in [9.17, 15) is 29.7 Å². The van der Waals surface area contributed by atoms with Crippen LogP contribution in [-0.2, 0) is 14.4 Å². The molecule has 0 amide bonds. The van der Waals surface area contributed by atoms with Gasteiger partial charge in [-0.15, -0.1) is 0 Å². The molecule has 0 bridgehead atoms. The number of aliphatic carboxylic acids is 3. The van der Waals surface area contributed by atoms with Crippen LogP contribution in [0.3, 0.4) is 0 Å². The SMILES string of the molecule is O.O.O=C([O-])CC(O)(CC(=O)[O-])C(=O)[O-].OCCO.[Na+].[Na+].[Na+]. The van der Waals surface area contributed by atoms with Crippen LogP contribution < -0.4 is 104 Å². The zero-order valence-corrected chi connectivity index (χ0v) is 18.6. The van der Waals surface area contributed by atoms with Crippen molar-refractivity contribution >= 4 is 17.9 Å². The van der Waals surface area contributed by atoms with Gasteiger partial charge in [0.15, 0.2) is 0 Å². The summed E-state index contributed by atoms with van der Waals surface area (Å²) in [6, 6.07) is 0. The van der Waals surface area contributed by atoms with Gasteiger partial charge in [0, 0.05) is 24.8 Å². The molecule has 0 aromatic carbocycles. The van der Waals surface area contributed by atoms with Gasteiger partial charge >= 0.3 is 88.7 Å². The van der Waals surface area contributed by atoms with Gasteiger partial charge < -0.3 is 56.0 Å². The summed E-state index contributed by atoms with van der Waals surface area (Å²) in [5, 5.41) is 54.2. The number of hydrogen-bond donors (Lipinski definition) is 3. The number of carbonyl (C=O) groups is 3. The van der Waals surface area contributed by atoms with Crippen LogP contribution in [0.2, 0.25) is 0 Å². The third-order valence-electron chi connectivity index (χ3n) is 1.35. The van der Waals surface area contributed by atoms with E-state index >= 15 is 0 Å². The maximum absolute atomic E-state index is 10.1. The van der Waals surface area contributed by atoms with Crippen molar-refractivity contribution in [2.75, 3.05) is 13.2 Å². The van der Waals surface area contributed by atoms with Crippen molar-refractivity contribution in [2.24, 2.45) is 0 Å². The topological polar surface area (TPSA) is 244 Å². The van der Waals surface area contributed by atoms with Crippen LogP contribution in [0.25, 0.3) is 0 Å². The molecule has 0 aliphatic carbocycles. The maximum atomic E-state index is 10.1. The van der Waals surface area contributed by atoms with Crippen molar-refractivity contribution in [3.05, 3.63) is 0 Å². The average molecular weight is 356 g/mol. The molecule has 0 spiro atoms. The number of carboxylic acid groups (broad SMARTS) is 3. The molecule has 0 aromatic heterocycles. The number of carbonyl (C=O) groups excluding carboxylic acids is 3. The van der Waals surface area contributed by atoms with E-state index in [1.54, 1.807) is 0 Å². The molecule has 0 saturated carbocycles. The molecule has 0 atom stereocenters. The first-order chi connectivity index (χ1) is 7.69. The first-order valence-electron chi connectivity index (χ1n) is 4.25. The fourth-order valence-electron chi connectivity index (χ4n) is 0.684. The Balaban J connectivity index is -0.0000000450. The van der Waals surface area contributed by atoms with Gasteiger partial charge in [0.25, 0.3) is 0 Å². The molecule has 14 heteroatoms. The Bertz CT molecular complexity index is 269. The van der Waals surface area contributed by atoms with Gasteiger partial charge in [-0.2, -0.15) is 0 Å². The molecule has 22 heavy (non-hydrogen) atoms. The summed E-state index contributed by atoms with van der Waals surface area (Å²) in [5.41, 5.74) is -2.97. The van der Waals surface area contributed by atoms with Crippen LogP contribution in [0, 0.1) is 0 Å². The zero-order valence-electron chi connectivity index (χ0n) is 12.6. The quantitative estimate of drug-likeness (QED) is 0.382. The standard InChI is InChI=1S/C6H8O7.C2H6O2.3Na.2H2O/c7-3(8)1-6(13,5(11)12)2-4(9)10;3-1-2-4;;;;;/h13H,1-2H2,(H,7,8)(H,9,10)(H,11,12);3-4H,1-2H2;;;;2*1H2/q;;3*+1;;/p-3. The summed E-state index contributed by atoms with van der Waals surface area (Å²) in [6.07, 6.45) is -2.72. The van der Waals surface area contributed by atoms with Crippen molar-refractivity contribution in [3.8, 4) is 0 Å². The largest absolute Gasteiger partial charge is 1.00 e. The number of rotatable bonds is 6. The first kappa shape index (κ1) is 43.6. The molecule has 0 aliphatic rings. The predicted molar refractivity (Wildman–Crippen MR) is 50.6 cm³/mol. The Morgan fingerprint density at radius 2 is 1.00 bits per heavy atom. The summed E-state index contributed by atoms with van der Waals surface area (Å²) in [4.78, 5) is 30.0. The summed E-state index contributed by atoms with van der Waals surface area (Å²) < 4.78 is 0. The van der Waals surface area contributed by atoms with E-state index in [2.05, 4.69) is 0 Å². The smallest absolute Gasteiger partial charge is 0.550 e. The molecular formula is C8H15Na3O11. The molecular weight excluding hydrogens is 341 g/mol. The second-order valence-electron chi connectivity index (χ2n) is 2.86. The van der Waals surface area contributed by atoms with E-state index in [4.69, 9.17) is 15.3 Å². The average Bonchev–Trinajstić information content (AvgIpc) is 2.15. The Kier molecular flexibility index (Phi) is 48.4. The molecule has 0 radical (unpaired) electrons. The summed E-state index contributed by atoms with van der Waals surface area (Å²) >= 11 is 0. The van der Waals surface area contributed by atoms with Crippen molar-refractivity contribution < 1.29 is 145 Å². The molecule has 0 fully saturated rings. The van der Waals surface area contributed by atoms with Crippen LogP contribution in [0.15, 0.2) is 0 Å². The van der Waals surface area contributed by atoms with Crippen molar-refractivity contribution in [2.45, 2.75) is 18.4 Å². The minimum absolute atomic E-state index is 0. The van der Waals surface area contributed by atoms with Crippen molar-refractivity contribution in [1.82, 2.24) is 0 Å². The number of aliphatic hydroxyl groups excluding tert-OH is 2. The molecule has 0 aliphatic heterocycles. The fraction of sp³-hybridized carbons (Fsp3) is 0.625. The van der Waals surface area contributed by atoms with Crippen molar-refractivity contribution in [3.63, 3.8) is 0 Å². The second kappa shape index (κ2) is 24.5. The van der Waals surface area contributed by atoms with Crippen LogP contribution in [0.4, 0.5) is 0 Å².